The van der Waals surface area contributed by atoms with Crippen LogP contribution >= 0.6 is 15.9 Å². The van der Waals surface area contributed by atoms with Crippen LogP contribution in [0.2, 0.25) is 0 Å². The van der Waals surface area contributed by atoms with Crippen LogP contribution in [0.15, 0.2) is 33.7 Å². The van der Waals surface area contributed by atoms with Crippen molar-refractivity contribution in [2.45, 2.75) is 19.9 Å². The highest BCUT2D eigenvalue weighted by Crippen LogP contribution is 2.32. The van der Waals surface area contributed by atoms with Crippen LogP contribution in [0, 0.1) is 5.92 Å². The molecule has 2 rings (SSSR count). The van der Waals surface area contributed by atoms with E-state index in [4.69, 9.17) is 4.74 Å². The summed E-state index contributed by atoms with van der Waals surface area (Å²) >= 11 is 3.44. The molecule has 1 heterocycles. The number of aliphatic imine (C=N–C) groups is 1. The van der Waals surface area contributed by atoms with Crippen LogP contribution in [0.4, 0.5) is 4.79 Å². The largest absolute Gasteiger partial charge is 0.465 e. The monoisotopic (exact) mass is 338 g/mol. The van der Waals surface area contributed by atoms with Gasteiger partial charge in [0, 0.05) is 10.2 Å². The molecule has 2 atom stereocenters. The van der Waals surface area contributed by atoms with Crippen molar-refractivity contribution >= 4 is 33.6 Å². The van der Waals surface area contributed by atoms with E-state index in [2.05, 4.69) is 26.2 Å². The number of esters is 1. The Labute approximate surface area is 125 Å². The number of rotatable bonds is 3. The summed E-state index contributed by atoms with van der Waals surface area (Å²) < 4.78 is 5.92. The first-order valence-electron chi connectivity index (χ1n) is 6.31. The number of urea groups is 1. The van der Waals surface area contributed by atoms with Crippen LogP contribution in [0.5, 0.6) is 0 Å². The van der Waals surface area contributed by atoms with Crippen LogP contribution in [0.1, 0.15) is 25.5 Å². The van der Waals surface area contributed by atoms with Gasteiger partial charge in [0.25, 0.3) is 0 Å². The standard InChI is InChI=1S/C14H15BrN2O3/c1-3-20-13(18)11-8(2)16-14(19)17-12(11)9-6-4-5-7-10(9)15/h4-7,11-12H,3H2,1-2H3,(H,17,19). The molecule has 1 aromatic carbocycles. The number of hydrogen-bond donors (Lipinski definition) is 1. The summed E-state index contributed by atoms with van der Waals surface area (Å²) in [6, 6.07) is 6.54. The van der Waals surface area contributed by atoms with Gasteiger partial charge in [-0.25, -0.2) is 9.79 Å². The molecule has 0 fully saturated rings. The SMILES string of the molecule is CCOC(=O)C1C(C)=NC(=O)NC1c1ccccc1Br. The van der Waals surface area contributed by atoms with Gasteiger partial charge in [-0.3, -0.25) is 4.79 Å². The molecule has 6 heteroatoms. The summed E-state index contributed by atoms with van der Waals surface area (Å²) in [5.41, 5.74) is 1.29. The average molecular weight is 339 g/mol. The second-order valence-electron chi connectivity index (χ2n) is 4.43. The Morgan fingerprint density at radius 2 is 2.15 bits per heavy atom. The Balaban J connectivity index is 2.43. The molecule has 2 amide bonds. The second-order valence-corrected chi connectivity index (χ2v) is 5.29. The van der Waals surface area contributed by atoms with E-state index in [1.807, 2.05) is 24.3 Å². The molecular weight excluding hydrogens is 324 g/mol. The Morgan fingerprint density at radius 3 is 2.80 bits per heavy atom. The minimum atomic E-state index is -0.605. The molecule has 20 heavy (non-hydrogen) atoms. The Kier molecular flexibility index (Phi) is 4.54. The van der Waals surface area contributed by atoms with Crippen molar-refractivity contribution in [1.29, 1.82) is 0 Å². The predicted molar refractivity (Wildman–Crippen MR) is 78.6 cm³/mol. The lowest BCUT2D eigenvalue weighted by Gasteiger charge is -2.30. The molecule has 5 nitrogen and oxygen atoms in total. The number of ether oxygens (including phenoxy) is 1. The Morgan fingerprint density at radius 1 is 1.45 bits per heavy atom. The highest BCUT2D eigenvalue weighted by atomic mass is 79.9. The van der Waals surface area contributed by atoms with E-state index in [9.17, 15) is 9.59 Å². The Hall–Kier alpha value is -1.69. The zero-order valence-electron chi connectivity index (χ0n) is 11.2. The smallest absolute Gasteiger partial charge is 0.341 e. The van der Waals surface area contributed by atoms with Crippen LogP contribution in [0.25, 0.3) is 0 Å². The number of benzene rings is 1. The van der Waals surface area contributed by atoms with Gasteiger partial charge in [-0.05, 0) is 25.5 Å². The number of hydrogen-bond acceptors (Lipinski definition) is 3. The van der Waals surface area contributed by atoms with Crippen molar-refractivity contribution in [2.75, 3.05) is 6.61 Å². The van der Waals surface area contributed by atoms with E-state index in [0.717, 1.165) is 10.0 Å². The number of carbonyl (C=O) groups excluding carboxylic acids is 2. The van der Waals surface area contributed by atoms with E-state index in [1.54, 1.807) is 13.8 Å². The van der Waals surface area contributed by atoms with Crippen LogP contribution in [-0.4, -0.2) is 24.3 Å². The van der Waals surface area contributed by atoms with Gasteiger partial charge in [-0.1, -0.05) is 34.1 Å². The molecule has 106 valence electrons. The maximum absolute atomic E-state index is 12.1. The van der Waals surface area contributed by atoms with Gasteiger partial charge in [0.15, 0.2) is 0 Å². The van der Waals surface area contributed by atoms with Crippen molar-refractivity contribution in [3.8, 4) is 0 Å². The van der Waals surface area contributed by atoms with Gasteiger partial charge in [0.2, 0.25) is 0 Å². The first kappa shape index (κ1) is 14.7. The lowest BCUT2D eigenvalue weighted by molar-refractivity contribution is -0.146. The third kappa shape index (κ3) is 2.90. The normalized spacial score (nSPS) is 21.9. The van der Waals surface area contributed by atoms with E-state index in [-0.39, 0.29) is 5.97 Å². The molecule has 0 bridgehead atoms. The Bertz CT molecular complexity index is 571. The highest BCUT2D eigenvalue weighted by Gasteiger charge is 2.38. The van der Waals surface area contributed by atoms with Gasteiger partial charge in [-0.15, -0.1) is 0 Å². The molecule has 0 aliphatic carbocycles. The minimum Gasteiger partial charge on any atom is -0.465 e. The first-order valence-corrected chi connectivity index (χ1v) is 7.10. The first-order chi connectivity index (χ1) is 9.54. The summed E-state index contributed by atoms with van der Waals surface area (Å²) in [5.74, 6) is -0.985. The maximum Gasteiger partial charge on any atom is 0.341 e. The van der Waals surface area contributed by atoms with Crippen molar-refractivity contribution in [3.05, 3.63) is 34.3 Å². The topological polar surface area (TPSA) is 67.8 Å². The maximum atomic E-state index is 12.1. The van der Waals surface area contributed by atoms with E-state index in [0.29, 0.717) is 12.3 Å². The van der Waals surface area contributed by atoms with Crippen LogP contribution in [-0.2, 0) is 9.53 Å². The van der Waals surface area contributed by atoms with Gasteiger partial charge in [0.05, 0.1) is 12.6 Å². The molecule has 0 radical (unpaired) electrons. The number of halogens is 1. The minimum absolute atomic E-state index is 0.291. The lowest BCUT2D eigenvalue weighted by atomic mass is 9.88. The quantitative estimate of drug-likeness (QED) is 0.861. The fourth-order valence-corrected chi connectivity index (χ4v) is 2.77. The van der Waals surface area contributed by atoms with E-state index >= 15 is 0 Å². The summed E-state index contributed by atoms with van der Waals surface area (Å²) in [6.07, 6.45) is 0. The van der Waals surface area contributed by atoms with Crippen molar-refractivity contribution in [2.24, 2.45) is 10.9 Å². The van der Waals surface area contributed by atoms with Gasteiger partial charge >= 0.3 is 12.0 Å². The van der Waals surface area contributed by atoms with Crippen molar-refractivity contribution in [1.82, 2.24) is 5.32 Å². The molecule has 1 aromatic rings. The number of carbonyl (C=O) groups is 2. The molecule has 1 N–H and O–H groups in total. The molecule has 0 saturated carbocycles. The number of nitrogens with one attached hydrogen (secondary N) is 1. The van der Waals surface area contributed by atoms with Crippen LogP contribution in [0.3, 0.4) is 0 Å². The number of nitrogens with zero attached hydrogens (tertiary/aromatic N) is 1. The molecule has 1 aliphatic rings. The second kappa shape index (κ2) is 6.17. The fourth-order valence-electron chi connectivity index (χ4n) is 2.24. The zero-order chi connectivity index (χ0) is 14.7. The third-order valence-corrected chi connectivity index (χ3v) is 3.84. The van der Waals surface area contributed by atoms with Gasteiger partial charge in [-0.2, -0.15) is 0 Å². The van der Waals surface area contributed by atoms with E-state index in [1.165, 1.54) is 0 Å². The van der Waals surface area contributed by atoms with E-state index < -0.39 is 18.0 Å². The molecule has 1 aliphatic heterocycles. The summed E-state index contributed by atoms with van der Waals surface area (Å²) in [5, 5.41) is 2.74. The molecule has 0 saturated heterocycles. The lowest BCUT2D eigenvalue weighted by Crippen LogP contribution is -2.44. The predicted octanol–water partition coefficient (Wildman–Crippen LogP) is 2.85. The molecular formula is C14H15BrN2O3. The average Bonchev–Trinajstić information content (AvgIpc) is 2.38. The van der Waals surface area contributed by atoms with Gasteiger partial charge < -0.3 is 10.1 Å². The number of amides is 2. The summed E-state index contributed by atoms with van der Waals surface area (Å²) in [7, 11) is 0. The molecule has 2 unspecified atom stereocenters. The molecule has 0 spiro atoms. The third-order valence-electron chi connectivity index (χ3n) is 3.12. The van der Waals surface area contributed by atoms with Crippen molar-refractivity contribution < 1.29 is 14.3 Å². The highest BCUT2D eigenvalue weighted by molar-refractivity contribution is 9.10. The van der Waals surface area contributed by atoms with Gasteiger partial charge in [0.1, 0.15) is 5.92 Å². The summed E-state index contributed by atoms with van der Waals surface area (Å²) in [4.78, 5) is 27.6. The zero-order valence-corrected chi connectivity index (χ0v) is 12.8. The van der Waals surface area contributed by atoms with Crippen molar-refractivity contribution in [3.63, 3.8) is 0 Å². The summed E-state index contributed by atoms with van der Waals surface area (Å²) in [6.45, 7) is 3.71. The molecule has 0 aromatic heterocycles. The van der Waals surface area contributed by atoms with Crippen LogP contribution < -0.4 is 5.32 Å². The fraction of sp³-hybridized carbons (Fsp3) is 0.357.